The highest BCUT2D eigenvalue weighted by atomic mass is 32.2. The molecule has 0 radical (unpaired) electrons. The molecule has 284 valence electrons. The molecule has 2 saturated carbocycles. The lowest BCUT2D eigenvalue weighted by Gasteiger charge is -2.35. The summed E-state index contributed by atoms with van der Waals surface area (Å²) in [6, 6.07) is 6.32. The Bertz CT molecular complexity index is 1860. The number of ketones is 2. The van der Waals surface area contributed by atoms with Crippen molar-refractivity contribution in [1.29, 1.82) is 0 Å². The highest BCUT2D eigenvalue weighted by molar-refractivity contribution is 7.85. The van der Waals surface area contributed by atoms with Crippen molar-refractivity contribution in [2.24, 2.45) is 28.1 Å². The van der Waals surface area contributed by atoms with Crippen molar-refractivity contribution in [2.45, 2.75) is 111 Å². The molecule has 2 aromatic rings. The van der Waals surface area contributed by atoms with E-state index in [1.54, 1.807) is 32.4 Å². The number of hydrogen-bond donors (Lipinski definition) is 1. The molecule has 2 aliphatic carbocycles. The van der Waals surface area contributed by atoms with Crippen molar-refractivity contribution >= 4 is 44.5 Å². The van der Waals surface area contributed by atoms with Crippen LogP contribution in [-0.4, -0.2) is 73.1 Å². The van der Waals surface area contributed by atoms with Gasteiger partial charge in [-0.25, -0.2) is 13.9 Å². The van der Waals surface area contributed by atoms with E-state index >= 15 is 0 Å². The number of carbonyl (C=O) groups is 4. The third-order valence-electron chi connectivity index (χ3n) is 10.5. The summed E-state index contributed by atoms with van der Waals surface area (Å²) in [7, 11) is -2.84. The molecule has 5 atom stereocenters. The molecule has 1 saturated heterocycles. The van der Waals surface area contributed by atoms with Gasteiger partial charge in [0.25, 0.3) is 0 Å². The van der Waals surface area contributed by atoms with Gasteiger partial charge in [0.2, 0.25) is 17.7 Å². The monoisotopic (exact) mass is 739 g/mol. The van der Waals surface area contributed by atoms with Gasteiger partial charge in [0, 0.05) is 43.2 Å². The van der Waals surface area contributed by atoms with Gasteiger partial charge >= 0.3 is 10.3 Å². The topological polar surface area (TPSA) is 158 Å². The number of carbonyl (C=O) groups excluding carboxylic acids is 4. The number of aromatic nitrogens is 1. The quantitative estimate of drug-likeness (QED) is 0.224. The molecular weight excluding hydrogens is 687 g/mol. The summed E-state index contributed by atoms with van der Waals surface area (Å²) < 4.78 is 44.6. The maximum absolute atomic E-state index is 14.6. The van der Waals surface area contributed by atoms with Crippen LogP contribution in [0.4, 0.5) is 0 Å². The van der Waals surface area contributed by atoms with Crippen LogP contribution in [0.5, 0.6) is 11.6 Å². The third kappa shape index (κ3) is 9.02. The average Bonchev–Trinajstić information content (AvgIpc) is 3.90. The van der Waals surface area contributed by atoms with E-state index in [1.807, 2.05) is 64.5 Å². The minimum atomic E-state index is -4.42. The van der Waals surface area contributed by atoms with Crippen LogP contribution < -0.4 is 14.2 Å². The predicted molar refractivity (Wildman–Crippen MR) is 196 cm³/mol. The minimum Gasteiger partial charge on any atom is -0.497 e. The molecule has 0 bridgehead atoms. The maximum atomic E-state index is 14.6. The molecule has 12 nitrogen and oxygen atoms in total. The predicted octanol–water partition coefficient (Wildman–Crippen LogP) is 5.73. The number of methoxy groups -OCH3 is 1. The Labute approximate surface area is 307 Å². The second-order valence-corrected chi connectivity index (χ2v) is 18.6. The molecule has 1 aromatic heterocycles. The second-order valence-electron chi connectivity index (χ2n) is 17.3. The molecule has 0 spiro atoms. The van der Waals surface area contributed by atoms with Gasteiger partial charge in [-0.3, -0.25) is 19.2 Å². The summed E-state index contributed by atoms with van der Waals surface area (Å²) in [5.41, 5.74) is -3.10. The van der Waals surface area contributed by atoms with Crippen LogP contribution in [0.25, 0.3) is 10.8 Å². The van der Waals surface area contributed by atoms with Gasteiger partial charge in [-0.1, -0.05) is 47.6 Å². The van der Waals surface area contributed by atoms with Crippen LogP contribution in [0.2, 0.25) is 0 Å². The van der Waals surface area contributed by atoms with Crippen molar-refractivity contribution in [2.75, 3.05) is 13.7 Å². The Hall–Kier alpha value is -3.84. The van der Waals surface area contributed by atoms with E-state index in [2.05, 4.69) is 11.6 Å². The SMILES string of the molecule is C=C[C@@H]1C[C@]1(CC(=O)[C@@H]1C[C@@H](Oc2nccc3cc(OC)ccc23)CN1C(=O)[C@@H](CC(=O)CC(C)(C)C)C(C)(C)C)C(=O)NS(=O)(=O)OC1(C)CC1. The number of allylic oxidation sites excluding steroid dienone is 1. The number of fused-ring (bicyclic) bond motifs is 1. The van der Waals surface area contributed by atoms with Gasteiger partial charge in [-0.15, -0.1) is 6.58 Å². The first-order valence-electron chi connectivity index (χ1n) is 17.9. The number of nitrogens with zero attached hydrogens (tertiary/aromatic N) is 2. The summed E-state index contributed by atoms with van der Waals surface area (Å²) in [4.78, 5) is 61.8. The molecule has 2 heterocycles. The average molecular weight is 740 g/mol. The lowest BCUT2D eigenvalue weighted by molar-refractivity contribution is -0.146. The Morgan fingerprint density at radius 2 is 1.81 bits per heavy atom. The van der Waals surface area contributed by atoms with Crippen LogP contribution >= 0.6 is 0 Å². The van der Waals surface area contributed by atoms with Crippen molar-refractivity contribution in [1.82, 2.24) is 14.6 Å². The molecule has 0 unspecified atom stereocenters. The largest absolute Gasteiger partial charge is 0.497 e. The van der Waals surface area contributed by atoms with Crippen molar-refractivity contribution in [3.8, 4) is 11.6 Å². The Morgan fingerprint density at radius 1 is 1.12 bits per heavy atom. The first-order valence-corrected chi connectivity index (χ1v) is 19.3. The van der Waals surface area contributed by atoms with Gasteiger partial charge < -0.3 is 14.4 Å². The molecule has 1 aromatic carbocycles. The standard InChI is InChI=1S/C39H53N3O9S/c1-10-25-20-39(25,35(46)41-52(47,48)51-38(8)14-15-38)22-32(44)31-19-28(50-33-29-12-11-27(49-9)17-24(29)13-16-40-33)23-42(31)34(45)30(37(5,6)7)18-26(43)21-36(2,3)4/h10-13,16-17,25,28,30-31H,1,14-15,18-23H2,2-9H3,(H,41,46)/t25-,28-,30-,31+,39-/m1/s1. The lowest BCUT2D eigenvalue weighted by atomic mass is 9.75. The number of rotatable bonds is 15. The highest BCUT2D eigenvalue weighted by Crippen LogP contribution is 2.57. The molecule has 1 N–H and O–H groups in total. The molecule has 2 amide bonds. The molecule has 1 aliphatic heterocycles. The van der Waals surface area contributed by atoms with E-state index in [1.165, 1.54) is 4.90 Å². The van der Waals surface area contributed by atoms with Gasteiger partial charge in [-0.2, -0.15) is 8.42 Å². The van der Waals surface area contributed by atoms with Crippen LogP contribution in [0.3, 0.4) is 0 Å². The van der Waals surface area contributed by atoms with Gasteiger partial charge in [0.15, 0.2) is 5.78 Å². The number of nitrogens with one attached hydrogen (secondary N) is 1. The van der Waals surface area contributed by atoms with Crippen molar-refractivity contribution in [3.05, 3.63) is 43.1 Å². The zero-order chi connectivity index (χ0) is 38.4. The molecular formula is C39H53N3O9S. The number of amides is 2. The fraction of sp³-hybridized carbons (Fsp3) is 0.615. The highest BCUT2D eigenvalue weighted by Gasteiger charge is 2.61. The number of benzene rings is 1. The Morgan fingerprint density at radius 3 is 2.38 bits per heavy atom. The third-order valence-corrected chi connectivity index (χ3v) is 11.5. The lowest BCUT2D eigenvalue weighted by Crippen LogP contribution is -2.48. The van der Waals surface area contributed by atoms with E-state index in [4.69, 9.17) is 13.7 Å². The van der Waals surface area contributed by atoms with E-state index in [9.17, 15) is 27.6 Å². The van der Waals surface area contributed by atoms with Crippen molar-refractivity contribution < 1.29 is 41.3 Å². The molecule has 5 rings (SSSR count). The minimum absolute atomic E-state index is 0.0108. The van der Waals surface area contributed by atoms with Crippen LogP contribution in [-0.2, 0) is 33.7 Å². The van der Waals surface area contributed by atoms with Crippen LogP contribution in [0, 0.1) is 28.1 Å². The number of likely N-dealkylation sites (tertiary alicyclic amines) is 1. The summed E-state index contributed by atoms with van der Waals surface area (Å²) >= 11 is 0. The maximum Gasteiger partial charge on any atom is 0.362 e. The fourth-order valence-corrected chi connectivity index (χ4v) is 8.34. The number of ether oxygens (including phenoxy) is 2. The van der Waals surface area contributed by atoms with E-state index in [0.717, 1.165) is 10.8 Å². The van der Waals surface area contributed by atoms with Crippen LogP contribution in [0.1, 0.15) is 93.4 Å². The molecule has 3 fully saturated rings. The van der Waals surface area contributed by atoms with Gasteiger partial charge in [0.1, 0.15) is 17.6 Å². The van der Waals surface area contributed by atoms with E-state index in [0.29, 0.717) is 30.9 Å². The van der Waals surface area contributed by atoms with E-state index in [-0.39, 0.29) is 49.3 Å². The number of pyridine rings is 1. The van der Waals surface area contributed by atoms with E-state index < -0.39 is 62.4 Å². The zero-order valence-corrected chi connectivity index (χ0v) is 32.4. The molecule has 13 heteroatoms. The first kappa shape index (κ1) is 39.4. The Kier molecular flexibility index (Phi) is 10.7. The summed E-state index contributed by atoms with van der Waals surface area (Å²) in [5, 5.41) is 1.56. The summed E-state index contributed by atoms with van der Waals surface area (Å²) in [6.45, 7) is 17.1. The fourth-order valence-electron chi connectivity index (χ4n) is 7.17. The van der Waals surface area contributed by atoms with Crippen molar-refractivity contribution in [3.63, 3.8) is 0 Å². The molecule has 3 aliphatic rings. The number of hydrogen-bond acceptors (Lipinski definition) is 10. The van der Waals surface area contributed by atoms with Crippen LogP contribution in [0.15, 0.2) is 43.1 Å². The number of Topliss-reactive ketones (excluding diaryl/α,β-unsaturated/α-hetero) is 2. The normalized spacial score (nSPS) is 24.5. The first-order chi connectivity index (χ1) is 24.1. The summed E-state index contributed by atoms with van der Waals surface area (Å²) in [5.74, 6) is -1.82. The van der Waals surface area contributed by atoms with Gasteiger partial charge in [0.05, 0.1) is 30.7 Å². The van der Waals surface area contributed by atoms with Gasteiger partial charge in [-0.05, 0) is 72.6 Å². The smallest absolute Gasteiger partial charge is 0.362 e. The zero-order valence-electron chi connectivity index (χ0n) is 31.6. The summed E-state index contributed by atoms with van der Waals surface area (Å²) in [6.07, 6.45) is 3.94. The second kappa shape index (κ2) is 14.2. The Balaban J connectivity index is 1.43. The molecule has 52 heavy (non-hydrogen) atoms.